The molecule has 1 aliphatic carbocycles. The molecule has 0 amide bonds. The van der Waals surface area contributed by atoms with Gasteiger partial charge >= 0.3 is 0 Å². The van der Waals surface area contributed by atoms with E-state index in [-0.39, 0.29) is 17.9 Å². The van der Waals surface area contributed by atoms with Crippen LogP contribution < -0.4 is 0 Å². The molecular weight excluding hydrogens is 408 g/mol. The van der Waals surface area contributed by atoms with Crippen molar-refractivity contribution in [2.45, 2.75) is 118 Å². The minimum absolute atomic E-state index is 0.189. The third kappa shape index (κ3) is 9.09. The van der Waals surface area contributed by atoms with Gasteiger partial charge in [0.25, 0.3) is 0 Å². The summed E-state index contributed by atoms with van der Waals surface area (Å²) >= 11 is 0. The number of rotatable bonds is 13. The monoisotopic (exact) mass is 460 g/mol. The first kappa shape index (κ1) is 29.7. The molecule has 1 saturated carbocycles. The van der Waals surface area contributed by atoms with Gasteiger partial charge in [-0.25, -0.2) is 0 Å². The van der Waals surface area contributed by atoms with E-state index in [1.54, 1.807) is 7.11 Å². The maximum atomic E-state index is 11.4. The smallest absolute Gasteiger partial charge is 0.0919 e. The normalized spacial score (nSPS) is 28.0. The third-order valence-corrected chi connectivity index (χ3v) is 7.99. The molecule has 190 valence electrons. The van der Waals surface area contributed by atoms with Crippen LogP contribution in [0.5, 0.6) is 0 Å². The quantitative estimate of drug-likeness (QED) is 0.216. The Hall–Kier alpha value is -1.32. The van der Waals surface area contributed by atoms with Crippen molar-refractivity contribution in [3.05, 3.63) is 46.3 Å². The van der Waals surface area contributed by atoms with E-state index in [4.69, 9.17) is 4.74 Å². The summed E-state index contributed by atoms with van der Waals surface area (Å²) in [6.45, 7) is 15.3. The lowest BCUT2D eigenvalue weighted by Gasteiger charge is -2.53. The van der Waals surface area contributed by atoms with Gasteiger partial charge in [0.1, 0.15) is 0 Å². The van der Waals surface area contributed by atoms with Crippen molar-refractivity contribution >= 4 is 0 Å². The standard InChI is InChI=1S/C30H52O3/c1-23(2)13-9-14-24(3)15-10-16-25(4)17-11-20-29(6)28(18-12-22-31)27(26(5)33-8)19-21-30(29,7)32/h13,15,17,28,31-32H,9-12,14,16,18-22H2,1-8H3. The van der Waals surface area contributed by atoms with Crippen molar-refractivity contribution in [1.82, 2.24) is 0 Å². The van der Waals surface area contributed by atoms with Gasteiger partial charge in [-0.1, -0.05) is 41.9 Å². The molecule has 1 fully saturated rings. The molecule has 3 unspecified atom stereocenters. The highest BCUT2D eigenvalue weighted by molar-refractivity contribution is 5.22. The minimum Gasteiger partial charge on any atom is -0.501 e. The Labute approximate surface area is 204 Å². The summed E-state index contributed by atoms with van der Waals surface area (Å²) in [6.07, 6.45) is 16.7. The molecule has 3 atom stereocenters. The SMILES string of the molecule is COC(C)=C1CCC(C)(O)C(C)(CCC=C(C)CCC=C(C)CCC=C(C)C)C1CCCO. The highest BCUT2D eigenvalue weighted by Crippen LogP contribution is 2.55. The van der Waals surface area contributed by atoms with Crippen LogP contribution in [0.3, 0.4) is 0 Å². The highest BCUT2D eigenvalue weighted by Gasteiger charge is 2.52. The Morgan fingerprint density at radius 3 is 2.09 bits per heavy atom. The Morgan fingerprint density at radius 2 is 1.55 bits per heavy atom. The molecule has 2 N–H and O–H groups in total. The van der Waals surface area contributed by atoms with Crippen molar-refractivity contribution in [3.63, 3.8) is 0 Å². The molecule has 33 heavy (non-hydrogen) atoms. The van der Waals surface area contributed by atoms with E-state index >= 15 is 0 Å². The van der Waals surface area contributed by atoms with E-state index in [1.165, 1.54) is 22.3 Å². The number of ether oxygens (including phenoxy) is 1. The fourth-order valence-electron chi connectivity index (χ4n) is 5.34. The molecule has 3 nitrogen and oxygen atoms in total. The summed E-state index contributed by atoms with van der Waals surface area (Å²) < 4.78 is 5.62. The second kappa shape index (κ2) is 14.2. The first-order valence-corrected chi connectivity index (χ1v) is 13.0. The molecule has 0 radical (unpaired) electrons. The van der Waals surface area contributed by atoms with Crippen molar-refractivity contribution in [2.24, 2.45) is 11.3 Å². The largest absolute Gasteiger partial charge is 0.501 e. The van der Waals surface area contributed by atoms with Crippen LogP contribution in [0, 0.1) is 11.3 Å². The molecule has 0 bridgehead atoms. The summed E-state index contributed by atoms with van der Waals surface area (Å²) in [6, 6.07) is 0. The van der Waals surface area contributed by atoms with Gasteiger partial charge in [-0.2, -0.15) is 0 Å². The Kier molecular flexibility index (Phi) is 12.8. The molecule has 0 spiro atoms. The summed E-state index contributed by atoms with van der Waals surface area (Å²) in [5.74, 6) is 1.21. The van der Waals surface area contributed by atoms with Gasteiger partial charge < -0.3 is 14.9 Å². The van der Waals surface area contributed by atoms with E-state index in [9.17, 15) is 10.2 Å². The van der Waals surface area contributed by atoms with E-state index in [1.807, 2.05) is 13.8 Å². The first-order valence-electron chi connectivity index (χ1n) is 13.0. The topological polar surface area (TPSA) is 49.7 Å². The summed E-state index contributed by atoms with van der Waals surface area (Å²) in [4.78, 5) is 0. The lowest BCUT2D eigenvalue weighted by atomic mass is 9.54. The molecule has 0 aliphatic heterocycles. The number of hydrogen-bond donors (Lipinski definition) is 2. The predicted molar refractivity (Wildman–Crippen MR) is 142 cm³/mol. The van der Waals surface area contributed by atoms with Gasteiger partial charge in [0.2, 0.25) is 0 Å². The minimum atomic E-state index is -0.725. The van der Waals surface area contributed by atoms with Gasteiger partial charge in [0.15, 0.2) is 0 Å². The van der Waals surface area contributed by atoms with Crippen molar-refractivity contribution in [3.8, 4) is 0 Å². The van der Waals surface area contributed by atoms with Crippen LogP contribution in [0.25, 0.3) is 0 Å². The summed E-state index contributed by atoms with van der Waals surface area (Å²) in [5.41, 5.74) is 4.66. The van der Waals surface area contributed by atoms with Crippen LogP contribution in [0.4, 0.5) is 0 Å². The molecule has 1 aliphatic rings. The Bertz CT molecular complexity index is 719. The zero-order chi connectivity index (χ0) is 25.1. The van der Waals surface area contributed by atoms with E-state index in [0.29, 0.717) is 0 Å². The van der Waals surface area contributed by atoms with E-state index in [0.717, 1.165) is 70.0 Å². The number of allylic oxidation sites excluding steroid dienone is 8. The van der Waals surface area contributed by atoms with Crippen LogP contribution >= 0.6 is 0 Å². The zero-order valence-electron chi connectivity index (χ0n) is 22.9. The molecule has 0 aromatic carbocycles. The fourth-order valence-corrected chi connectivity index (χ4v) is 5.34. The fraction of sp³-hybridized carbons (Fsp3) is 0.733. The van der Waals surface area contributed by atoms with Gasteiger partial charge in [0.05, 0.1) is 18.5 Å². The van der Waals surface area contributed by atoms with Crippen molar-refractivity contribution < 1.29 is 14.9 Å². The predicted octanol–water partition coefficient (Wildman–Crippen LogP) is 8.05. The maximum absolute atomic E-state index is 11.4. The summed E-state index contributed by atoms with van der Waals surface area (Å²) in [5, 5.41) is 20.9. The molecule has 0 aromatic heterocycles. The van der Waals surface area contributed by atoms with Gasteiger partial charge in [-0.05, 0) is 117 Å². The average Bonchev–Trinajstić information content (AvgIpc) is 2.74. The number of methoxy groups -OCH3 is 1. The highest BCUT2D eigenvalue weighted by atomic mass is 16.5. The van der Waals surface area contributed by atoms with E-state index < -0.39 is 5.60 Å². The Morgan fingerprint density at radius 1 is 0.970 bits per heavy atom. The van der Waals surface area contributed by atoms with Crippen molar-refractivity contribution in [2.75, 3.05) is 13.7 Å². The molecular formula is C30H52O3. The second-order valence-electron chi connectivity index (χ2n) is 10.9. The second-order valence-corrected chi connectivity index (χ2v) is 10.9. The lowest BCUT2D eigenvalue weighted by Crippen LogP contribution is -2.52. The van der Waals surface area contributed by atoms with E-state index in [2.05, 4.69) is 52.8 Å². The number of aliphatic hydroxyl groups is 2. The van der Waals surface area contributed by atoms with Crippen LogP contribution in [0.15, 0.2) is 46.3 Å². The lowest BCUT2D eigenvalue weighted by molar-refractivity contribution is -0.114. The van der Waals surface area contributed by atoms with Crippen LogP contribution in [-0.2, 0) is 4.74 Å². The number of aliphatic hydroxyl groups excluding tert-OH is 1. The van der Waals surface area contributed by atoms with Gasteiger partial charge in [-0.15, -0.1) is 0 Å². The Balaban J connectivity index is 2.82. The van der Waals surface area contributed by atoms with Crippen LogP contribution in [0.2, 0.25) is 0 Å². The first-order chi connectivity index (χ1) is 15.5. The van der Waals surface area contributed by atoms with Crippen molar-refractivity contribution in [1.29, 1.82) is 0 Å². The van der Waals surface area contributed by atoms with Gasteiger partial charge in [0, 0.05) is 12.0 Å². The van der Waals surface area contributed by atoms with Crippen LogP contribution in [0.1, 0.15) is 113 Å². The number of hydrogen-bond acceptors (Lipinski definition) is 3. The summed E-state index contributed by atoms with van der Waals surface area (Å²) in [7, 11) is 1.74. The molecule has 1 rings (SSSR count). The maximum Gasteiger partial charge on any atom is 0.0919 e. The van der Waals surface area contributed by atoms with Gasteiger partial charge in [-0.3, -0.25) is 0 Å². The molecule has 3 heteroatoms. The molecule has 0 heterocycles. The zero-order valence-corrected chi connectivity index (χ0v) is 22.9. The molecule has 0 saturated heterocycles. The van der Waals surface area contributed by atoms with Crippen LogP contribution in [-0.4, -0.2) is 29.5 Å². The molecule has 0 aromatic rings. The average molecular weight is 461 g/mol. The third-order valence-electron chi connectivity index (χ3n) is 7.99.